The van der Waals surface area contributed by atoms with Gasteiger partial charge in [-0.05, 0) is 17.7 Å². The van der Waals surface area contributed by atoms with Crippen LogP contribution in [0.2, 0.25) is 0 Å². The molecule has 0 aromatic heterocycles. The summed E-state index contributed by atoms with van der Waals surface area (Å²) in [5.41, 5.74) is 0.940. The number of aliphatic hydroxyl groups excluding tert-OH is 2. The van der Waals surface area contributed by atoms with Gasteiger partial charge in [0.2, 0.25) is 0 Å². The summed E-state index contributed by atoms with van der Waals surface area (Å²) in [6.45, 7) is 4.17. The van der Waals surface area contributed by atoms with Crippen LogP contribution in [0.15, 0.2) is 30.9 Å². The van der Waals surface area contributed by atoms with Crippen molar-refractivity contribution < 1.29 is 14.6 Å². The van der Waals surface area contributed by atoms with Crippen molar-refractivity contribution in [3.05, 3.63) is 42.2 Å². The van der Waals surface area contributed by atoms with Crippen molar-refractivity contribution in [3.63, 3.8) is 0 Å². The van der Waals surface area contributed by atoms with Crippen molar-refractivity contribution in [1.82, 2.24) is 0 Å². The molecule has 1 rings (SSSR count). The van der Waals surface area contributed by atoms with Gasteiger partial charge in [-0.25, -0.2) is 4.39 Å². The molecule has 0 aliphatic rings. The molecule has 4 heteroatoms. The summed E-state index contributed by atoms with van der Waals surface area (Å²) < 4.78 is 13.7. The van der Waals surface area contributed by atoms with E-state index in [1.165, 1.54) is 6.07 Å². The molecule has 0 amide bonds. The summed E-state index contributed by atoms with van der Waals surface area (Å²) in [7, 11) is 0. The molecule has 0 unspecified atom stereocenters. The maximum Gasteiger partial charge on any atom is 0.146 e. The van der Waals surface area contributed by atoms with E-state index in [2.05, 4.69) is 6.58 Å². The molecule has 0 fully saturated rings. The molecule has 88 valence electrons. The topological polar surface area (TPSA) is 43.7 Å². The number of hydrogen-bond donors (Lipinski definition) is 2. The molecule has 0 saturated heterocycles. The number of rotatable bonds is 6. The predicted molar refractivity (Wildman–Crippen MR) is 61.8 cm³/mol. The fourth-order valence-corrected chi connectivity index (χ4v) is 1.49. The summed E-state index contributed by atoms with van der Waals surface area (Å²) in [6.07, 6.45) is 1.65. The van der Waals surface area contributed by atoms with E-state index in [0.717, 1.165) is 0 Å². The number of anilines is 1. The van der Waals surface area contributed by atoms with Gasteiger partial charge in [0.05, 0.1) is 18.9 Å². The van der Waals surface area contributed by atoms with E-state index in [1.54, 1.807) is 23.1 Å². The highest BCUT2D eigenvalue weighted by Gasteiger charge is 2.10. The van der Waals surface area contributed by atoms with Gasteiger partial charge in [0.1, 0.15) is 5.82 Å². The monoisotopic (exact) mass is 225 g/mol. The Hall–Kier alpha value is -1.39. The highest BCUT2D eigenvalue weighted by molar-refractivity contribution is 5.49. The zero-order chi connectivity index (χ0) is 12.0. The van der Waals surface area contributed by atoms with Crippen LogP contribution in [0.1, 0.15) is 5.56 Å². The van der Waals surface area contributed by atoms with Crippen molar-refractivity contribution >= 4 is 5.69 Å². The van der Waals surface area contributed by atoms with Gasteiger partial charge >= 0.3 is 0 Å². The van der Waals surface area contributed by atoms with Gasteiger partial charge in [-0.3, -0.25) is 0 Å². The highest BCUT2D eigenvalue weighted by Crippen LogP contribution is 2.20. The van der Waals surface area contributed by atoms with Gasteiger partial charge in [0.25, 0.3) is 0 Å². The van der Waals surface area contributed by atoms with E-state index in [0.29, 0.717) is 24.3 Å². The second-order valence-corrected chi connectivity index (χ2v) is 3.40. The zero-order valence-electron chi connectivity index (χ0n) is 9.06. The van der Waals surface area contributed by atoms with Crippen molar-refractivity contribution in [2.75, 3.05) is 24.6 Å². The standard InChI is InChI=1S/C12H16FNO2/c1-2-5-14(6-7-15)12-4-3-10(9-16)8-11(12)13/h2-4,8,15-16H,1,5-7,9H2. The van der Waals surface area contributed by atoms with Gasteiger partial charge in [-0.2, -0.15) is 0 Å². The number of aliphatic hydroxyl groups is 2. The van der Waals surface area contributed by atoms with Crippen LogP contribution in [0.25, 0.3) is 0 Å². The van der Waals surface area contributed by atoms with Crippen LogP contribution < -0.4 is 4.90 Å². The van der Waals surface area contributed by atoms with E-state index in [-0.39, 0.29) is 13.2 Å². The molecule has 16 heavy (non-hydrogen) atoms. The molecule has 0 heterocycles. The molecular formula is C12H16FNO2. The van der Waals surface area contributed by atoms with Gasteiger partial charge in [0, 0.05) is 13.1 Å². The van der Waals surface area contributed by atoms with Crippen LogP contribution in [0, 0.1) is 5.82 Å². The first-order valence-electron chi connectivity index (χ1n) is 5.09. The normalized spacial score (nSPS) is 10.2. The Morgan fingerprint density at radius 2 is 2.12 bits per heavy atom. The lowest BCUT2D eigenvalue weighted by molar-refractivity contribution is 0.281. The lowest BCUT2D eigenvalue weighted by Gasteiger charge is -2.23. The average molecular weight is 225 g/mol. The minimum absolute atomic E-state index is 0.0466. The molecule has 0 atom stereocenters. The van der Waals surface area contributed by atoms with Crippen LogP contribution in [0.3, 0.4) is 0 Å². The van der Waals surface area contributed by atoms with Gasteiger partial charge < -0.3 is 15.1 Å². The Morgan fingerprint density at radius 3 is 2.62 bits per heavy atom. The molecule has 1 aromatic rings. The quantitative estimate of drug-likeness (QED) is 0.717. The van der Waals surface area contributed by atoms with Crippen molar-refractivity contribution in [2.45, 2.75) is 6.61 Å². The minimum atomic E-state index is -0.401. The molecule has 3 nitrogen and oxygen atoms in total. The second-order valence-electron chi connectivity index (χ2n) is 3.40. The molecule has 0 spiro atoms. The number of nitrogens with zero attached hydrogens (tertiary/aromatic N) is 1. The Balaban J connectivity index is 2.94. The van der Waals surface area contributed by atoms with Crippen LogP contribution >= 0.6 is 0 Å². The smallest absolute Gasteiger partial charge is 0.146 e. The Morgan fingerprint density at radius 1 is 1.38 bits per heavy atom. The third kappa shape index (κ3) is 3.05. The fraction of sp³-hybridized carbons (Fsp3) is 0.333. The first-order valence-corrected chi connectivity index (χ1v) is 5.09. The molecule has 2 N–H and O–H groups in total. The summed E-state index contributed by atoms with van der Waals surface area (Å²) in [6, 6.07) is 4.55. The fourth-order valence-electron chi connectivity index (χ4n) is 1.49. The maximum absolute atomic E-state index is 13.7. The molecular weight excluding hydrogens is 209 g/mol. The Bertz CT molecular complexity index is 355. The van der Waals surface area contributed by atoms with E-state index in [1.807, 2.05) is 0 Å². The van der Waals surface area contributed by atoms with Crippen LogP contribution in [0.5, 0.6) is 0 Å². The van der Waals surface area contributed by atoms with E-state index < -0.39 is 5.82 Å². The summed E-state index contributed by atoms with van der Waals surface area (Å²) >= 11 is 0. The average Bonchev–Trinajstić information content (AvgIpc) is 2.29. The van der Waals surface area contributed by atoms with Gasteiger partial charge in [-0.15, -0.1) is 6.58 Å². The third-order valence-electron chi connectivity index (χ3n) is 2.25. The van der Waals surface area contributed by atoms with Crippen LogP contribution in [0.4, 0.5) is 10.1 Å². The second kappa shape index (κ2) is 6.25. The maximum atomic E-state index is 13.7. The van der Waals surface area contributed by atoms with E-state index in [4.69, 9.17) is 10.2 Å². The summed E-state index contributed by atoms with van der Waals surface area (Å²) in [4.78, 5) is 1.68. The van der Waals surface area contributed by atoms with Crippen LogP contribution in [-0.4, -0.2) is 29.9 Å². The molecule has 0 aliphatic carbocycles. The SMILES string of the molecule is C=CCN(CCO)c1ccc(CO)cc1F. The lowest BCUT2D eigenvalue weighted by atomic mass is 10.2. The molecule has 1 aromatic carbocycles. The summed E-state index contributed by atoms with van der Waals surface area (Å²) in [5, 5.41) is 17.7. The van der Waals surface area contributed by atoms with E-state index >= 15 is 0 Å². The van der Waals surface area contributed by atoms with Crippen molar-refractivity contribution in [2.24, 2.45) is 0 Å². The zero-order valence-corrected chi connectivity index (χ0v) is 9.06. The predicted octanol–water partition coefficient (Wildman–Crippen LogP) is 1.30. The van der Waals surface area contributed by atoms with Crippen molar-refractivity contribution in [1.29, 1.82) is 0 Å². The van der Waals surface area contributed by atoms with Gasteiger partial charge in [-0.1, -0.05) is 12.1 Å². The number of halogens is 1. The van der Waals surface area contributed by atoms with Crippen LogP contribution in [-0.2, 0) is 6.61 Å². The van der Waals surface area contributed by atoms with Gasteiger partial charge in [0.15, 0.2) is 0 Å². The molecule has 0 radical (unpaired) electrons. The Labute approximate surface area is 94.4 Å². The summed E-state index contributed by atoms with van der Waals surface area (Å²) in [5.74, 6) is -0.401. The Kier molecular flexibility index (Phi) is 4.95. The number of hydrogen-bond acceptors (Lipinski definition) is 3. The molecule has 0 saturated carbocycles. The van der Waals surface area contributed by atoms with Crippen molar-refractivity contribution in [3.8, 4) is 0 Å². The minimum Gasteiger partial charge on any atom is -0.395 e. The highest BCUT2D eigenvalue weighted by atomic mass is 19.1. The molecule has 0 bridgehead atoms. The van der Waals surface area contributed by atoms with E-state index in [9.17, 15) is 4.39 Å². The number of benzene rings is 1. The first kappa shape index (κ1) is 12.7. The molecule has 0 aliphatic heterocycles. The first-order chi connectivity index (χ1) is 7.72. The largest absolute Gasteiger partial charge is 0.395 e. The lowest BCUT2D eigenvalue weighted by Crippen LogP contribution is -2.27. The third-order valence-corrected chi connectivity index (χ3v) is 2.25.